The second-order valence-corrected chi connectivity index (χ2v) is 5.19. The predicted octanol–water partition coefficient (Wildman–Crippen LogP) is 3.06. The number of pyridine rings is 1. The Bertz CT molecular complexity index is 487. The average molecular weight is 275 g/mol. The van der Waals surface area contributed by atoms with Gasteiger partial charge in [-0.25, -0.2) is 0 Å². The summed E-state index contributed by atoms with van der Waals surface area (Å²) in [6, 6.07) is 11.5. The molecule has 0 radical (unpaired) electrons. The lowest BCUT2D eigenvalue weighted by Gasteiger charge is -2.11. The van der Waals surface area contributed by atoms with Crippen molar-refractivity contribution >= 4 is 11.8 Å². The number of hydrogen-bond acceptors (Lipinski definition) is 4. The van der Waals surface area contributed by atoms with Gasteiger partial charge in [0.15, 0.2) is 0 Å². The van der Waals surface area contributed by atoms with Gasteiger partial charge in [0, 0.05) is 23.9 Å². The van der Waals surface area contributed by atoms with Crippen LogP contribution in [-0.4, -0.2) is 23.0 Å². The lowest BCUT2D eigenvalue weighted by Crippen LogP contribution is -2.00. The quantitative estimate of drug-likeness (QED) is 0.880. The first-order valence-corrected chi connectivity index (χ1v) is 7.23. The third kappa shape index (κ3) is 4.26. The van der Waals surface area contributed by atoms with Gasteiger partial charge >= 0.3 is 0 Å². The van der Waals surface area contributed by atoms with Gasteiger partial charge in [-0.2, -0.15) is 11.8 Å². The highest BCUT2D eigenvalue weighted by Crippen LogP contribution is 2.22. The summed E-state index contributed by atoms with van der Waals surface area (Å²) in [5, 5.41) is 10.1. The first-order chi connectivity index (χ1) is 9.29. The monoisotopic (exact) mass is 275 g/mol. The Hall–Kier alpha value is -1.52. The molecule has 0 aliphatic heterocycles. The molecule has 19 heavy (non-hydrogen) atoms. The summed E-state index contributed by atoms with van der Waals surface area (Å²) in [5.41, 5.74) is 2.14. The van der Waals surface area contributed by atoms with Crippen LogP contribution < -0.4 is 4.74 Å². The SMILES string of the molecule is COc1ccc(C(O)CSCc2ccncc2)cc1. The van der Waals surface area contributed by atoms with Gasteiger partial charge in [-0.15, -0.1) is 0 Å². The number of hydrogen-bond donors (Lipinski definition) is 1. The number of benzene rings is 1. The zero-order valence-corrected chi connectivity index (χ0v) is 11.6. The third-order valence-corrected chi connectivity index (χ3v) is 3.88. The lowest BCUT2D eigenvalue weighted by atomic mass is 10.1. The van der Waals surface area contributed by atoms with E-state index in [4.69, 9.17) is 4.74 Å². The first kappa shape index (κ1) is 13.9. The zero-order valence-electron chi connectivity index (χ0n) is 10.8. The molecule has 0 saturated heterocycles. The molecule has 4 heteroatoms. The van der Waals surface area contributed by atoms with E-state index in [9.17, 15) is 5.11 Å². The molecule has 1 atom stereocenters. The van der Waals surface area contributed by atoms with Crippen LogP contribution in [0.15, 0.2) is 48.8 Å². The van der Waals surface area contributed by atoms with Gasteiger partial charge < -0.3 is 9.84 Å². The van der Waals surface area contributed by atoms with Crippen molar-refractivity contribution in [2.45, 2.75) is 11.9 Å². The average Bonchev–Trinajstić information content (AvgIpc) is 2.48. The number of thioether (sulfide) groups is 1. The van der Waals surface area contributed by atoms with Gasteiger partial charge in [-0.1, -0.05) is 12.1 Å². The van der Waals surface area contributed by atoms with Crippen LogP contribution in [0.4, 0.5) is 0 Å². The van der Waals surface area contributed by atoms with Crippen molar-refractivity contribution in [2.24, 2.45) is 0 Å². The van der Waals surface area contributed by atoms with E-state index in [0.29, 0.717) is 5.75 Å². The predicted molar refractivity (Wildman–Crippen MR) is 78.4 cm³/mol. The summed E-state index contributed by atoms with van der Waals surface area (Å²) in [6.07, 6.45) is 3.13. The molecule has 0 spiro atoms. The standard InChI is InChI=1S/C15H17NO2S/c1-18-14-4-2-13(3-5-14)15(17)11-19-10-12-6-8-16-9-7-12/h2-9,15,17H,10-11H2,1H3. The fourth-order valence-corrected chi connectivity index (χ4v) is 2.65. The molecule has 3 nitrogen and oxygen atoms in total. The van der Waals surface area contributed by atoms with E-state index < -0.39 is 6.10 Å². The molecule has 1 N–H and O–H groups in total. The maximum Gasteiger partial charge on any atom is 0.118 e. The van der Waals surface area contributed by atoms with E-state index in [1.165, 1.54) is 5.56 Å². The molecule has 1 aromatic heterocycles. The summed E-state index contributed by atoms with van der Waals surface area (Å²) in [5.74, 6) is 2.37. The fourth-order valence-electron chi connectivity index (χ4n) is 1.69. The molecule has 2 rings (SSSR count). The van der Waals surface area contributed by atoms with Crippen LogP contribution in [0.25, 0.3) is 0 Å². The van der Waals surface area contributed by atoms with Crippen LogP contribution in [0.5, 0.6) is 5.75 Å². The van der Waals surface area contributed by atoms with Crippen molar-refractivity contribution in [3.05, 3.63) is 59.9 Å². The van der Waals surface area contributed by atoms with Crippen LogP contribution >= 0.6 is 11.8 Å². The van der Waals surface area contributed by atoms with E-state index in [1.807, 2.05) is 36.4 Å². The number of aliphatic hydroxyl groups excluding tert-OH is 1. The van der Waals surface area contributed by atoms with E-state index >= 15 is 0 Å². The molecule has 1 aromatic carbocycles. The summed E-state index contributed by atoms with van der Waals surface area (Å²) >= 11 is 1.71. The number of aromatic nitrogens is 1. The van der Waals surface area contributed by atoms with E-state index in [1.54, 1.807) is 31.3 Å². The minimum absolute atomic E-state index is 0.447. The summed E-state index contributed by atoms with van der Waals surface area (Å²) < 4.78 is 5.10. The van der Waals surface area contributed by atoms with Crippen LogP contribution in [-0.2, 0) is 5.75 Å². The number of nitrogens with zero attached hydrogens (tertiary/aromatic N) is 1. The minimum atomic E-state index is -0.447. The topological polar surface area (TPSA) is 42.4 Å². The zero-order chi connectivity index (χ0) is 13.5. The van der Waals surface area contributed by atoms with Crippen molar-refractivity contribution < 1.29 is 9.84 Å². The molecular formula is C15H17NO2S. The van der Waals surface area contributed by atoms with Crippen molar-refractivity contribution in [3.8, 4) is 5.75 Å². The van der Waals surface area contributed by atoms with Gasteiger partial charge in [0.2, 0.25) is 0 Å². The summed E-state index contributed by atoms with van der Waals surface area (Å²) in [4.78, 5) is 3.98. The van der Waals surface area contributed by atoms with E-state index in [2.05, 4.69) is 4.98 Å². The molecule has 0 bridgehead atoms. The smallest absolute Gasteiger partial charge is 0.118 e. The highest BCUT2D eigenvalue weighted by atomic mass is 32.2. The first-order valence-electron chi connectivity index (χ1n) is 6.08. The van der Waals surface area contributed by atoms with Crippen molar-refractivity contribution in [1.29, 1.82) is 0 Å². The van der Waals surface area contributed by atoms with Gasteiger partial charge in [0.25, 0.3) is 0 Å². The Balaban J connectivity index is 1.82. The minimum Gasteiger partial charge on any atom is -0.497 e. The van der Waals surface area contributed by atoms with Gasteiger partial charge in [-0.05, 0) is 35.4 Å². The fraction of sp³-hybridized carbons (Fsp3) is 0.267. The van der Waals surface area contributed by atoms with Crippen molar-refractivity contribution in [3.63, 3.8) is 0 Å². The highest BCUT2D eigenvalue weighted by Gasteiger charge is 2.07. The molecule has 100 valence electrons. The number of ether oxygens (including phenoxy) is 1. The van der Waals surface area contributed by atoms with Gasteiger partial charge in [-0.3, -0.25) is 4.98 Å². The lowest BCUT2D eigenvalue weighted by molar-refractivity contribution is 0.204. The molecule has 1 unspecified atom stereocenters. The number of aliphatic hydroxyl groups is 1. The highest BCUT2D eigenvalue weighted by molar-refractivity contribution is 7.98. The van der Waals surface area contributed by atoms with Crippen LogP contribution in [0, 0.1) is 0 Å². The molecule has 0 saturated carbocycles. The summed E-state index contributed by atoms with van der Waals surface area (Å²) in [6.45, 7) is 0. The molecule has 0 fully saturated rings. The Morgan fingerprint density at radius 3 is 2.47 bits per heavy atom. The van der Waals surface area contributed by atoms with Crippen molar-refractivity contribution in [1.82, 2.24) is 4.98 Å². The largest absolute Gasteiger partial charge is 0.497 e. The molecule has 0 amide bonds. The second kappa shape index (κ2) is 7.16. The summed E-state index contributed by atoms with van der Waals surface area (Å²) in [7, 11) is 1.63. The Morgan fingerprint density at radius 2 is 1.84 bits per heavy atom. The van der Waals surface area contributed by atoms with Gasteiger partial charge in [0.1, 0.15) is 5.75 Å². The Kier molecular flexibility index (Phi) is 5.24. The van der Waals surface area contributed by atoms with Crippen LogP contribution in [0.1, 0.15) is 17.2 Å². The van der Waals surface area contributed by atoms with Gasteiger partial charge in [0.05, 0.1) is 13.2 Å². The molecule has 0 aliphatic carbocycles. The molecule has 1 heterocycles. The maximum absolute atomic E-state index is 10.1. The Labute approximate surface area is 117 Å². The normalized spacial score (nSPS) is 12.1. The van der Waals surface area contributed by atoms with E-state index in [0.717, 1.165) is 17.1 Å². The molecule has 0 aliphatic rings. The van der Waals surface area contributed by atoms with Crippen LogP contribution in [0.2, 0.25) is 0 Å². The van der Waals surface area contributed by atoms with Crippen molar-refractivity contribution in [2.75, 3.05) is 12.9 Å². The molecule has 2 aromatic rings. The second-order valence-electron chi connectivity index (χ2n) is 4.16. The van der Waals surface area contributed by atoms with Crippen LogP contribution in [0.3, 0.4) is 0 Å². The third-order valence-electron chi connectivity index (χ3n) is 2.79. The maximum atomic E-state index is 10.1. The number of rotatable bonds is 6. The Morgan fingerprint density at radius 1 is 1.16 bits per heavy atom. The van der Waals surface area contributed by atoms with E-state index in [-0.39, 0.29) is 0 Å². The number of methoxy groups -OCH3 is 1. The molecular weight excluding hydrogens is 258 g/mol.